The summed E-state index contributed by atoms with van der Waals surface area (Å²) in [5.74, 6) is 2.26. The number of carbonyl (C=O) groups excluding carboxylic acids is 1. The number of aliphatic imine (C=N–C) groups is 1. The monoisotopic (exact) mass is 446 g/mol. The topological polar surface area (TPSA) is 74.8 Å². The largest absolute Gasteiger partial charge is 0.492 e. The molecule has 2 rings (SSSR count). The Morgan fingerprint density at radius 3 is 2.79 bits per heavy atom. The van der Waals surface area contributed by atoms with Crippen molar-refractivity contribution in [2.45, 2.75) is 26.7 Å². The molecule has 0 radical (unpaired) electrons. The van der Waals surface area contributed by atoms with Gasteiger partial charge in [-0.15, -0.1) is 24.0 Å². The summed E-state index contributed by atoms with van der Waals surface area (Å²) in [6.45, 7) is 6.47. The molecule has 0 heterocycles. The highest BCUT2D eigenvalue weighted by atomic mass is 127. The zero-order chi connectivity index (χ0) is 16.5. The van der Waals surface area contributed by atoms with Crippen LogP contribution >= 0.6 is 24.0 Å². The first-order chi connectivity index (χ1) is 11.2. The van der Waals surface area contributed by atoms with Gasteiger partial charge in [0.15, 0.2) is 5.96 Å². The summed E-state index contributed by atoms with van der Waals surface area (Å²) >= 11 is 0. The van der Waals surface area contributed by atoms with Gasteiger partial charge in [0.1, 0.15) is 12.4 Å². The number of carbonyl (C=O) groups is 1. The van der Waals surface area contributed by atoms with Crippen molar-refractivity contribution in [3.05, 3.63) is 24.3 Å². The van der Waals surface area contributed by atoms with E-state index >= 15 is 0 Å². The fraction of sp³-hybridized carbons (Fsp3) is 0.529. The van der Waals surface area contributed by atoms with Gasteiger partial charge in [0.25, 0.3) is 0 Å². The number of hydrogen-bond donors (Lipinski definition) is 3. The van der Waals surface area contributed by atoms with Gasteiger partial charge >= 0.3 is 0 Å². The summed E-state index contributed by atoms with van der Waals surface area (Å²) in [5.41, 5.74) is 0.738. The van der Waals surface area contributed by atoms with Crippen molar-refractivity contribution in [2.24, 2.45) is 10.9 Å². The van der Waals surface area contributed by atoms with E-state index in [9.17, 15) is 4.79 Å². The molecule has 1 aliphatic carbocycles. The maximum atomic E-state index is 11.1. The molecule has 0 aliphatic heterocycles. The molecule has 0 aromatic heterocycles. The standard InChI is InChI=1S/C17H26N4O2.HI/c1-3-18-17(20-12-14-7-8-14)19-9-10-23-16-6-4-5-15(11-16)21-13(2)22;/h4-6,11,14H,3,7-10,12H2,1-2H3,(H,21,22)(H2,18,19,20);1H. The average molecular weight is 446 g/mol. The normalized spacial score (nSPS) is 13.7. The van der Waals surface area contributed by atoms with Gasteiger partial charge in [-0.25, -0.2) is 0 Å². The first-order valence-corrected chi connectivity index (χ1v) is 8.20. The molecule has 1 amide bonds. The van der Waals surface area contributed by atoms with Crippen molar-refractivity contribution < 1.29 is 9.53 Å². The van der Waals surface area contributed by atoms with Crippen LogP contribution in [0.2, 0.25) is 0 Å². The predicted octanol–water partition coefficient (Wildman–Crippen LogP) is 2.61. The van der Waals surface area contributed by atoms with Crippen molar-refractivity contribution in [3.8, 4) is 5.75 Å². The molecule has 0 unspecified atom stereocenters. The number of anilines is 1. The molecule has 0 atom stereocenters. The van der Waals surface area contributed by atoms with Gasteiger partial charge in [0.05, 0.1) is 6.54 Å². The smallest absolute Gasteiger partial charge is 0.221 e. The lowest BCUT2D eigenvalue weighted by Gasteiger charge is -2.12. The molecule has 0 spiro atoms. The first kappa shape index (κ1) is 20.5. The van der Waals surface area contributed by atoms with Crippen LogP contribution in [0.3, 0.4) is 0 Å². The number of rotatable bonds is 8. The van der Waals surface area contributed by atoms with Crippen LogP contribution in [0.4, 0.5) is 5.69 Å². The molecule has 0 bridgehead atoms. The molecule has 7 heteroatoms. The molecule has 1 fully saturated rings. The molecule has 6 nitrogen and oxygen atoms in total. The number of nitrogens with zero attached hydrogens (tertiary/aromatic N) is 1. The Kier molecular flexibility index (Phi) is 9.51. The number of benzene rings is 1. The number of ether oxygens (including phenoxy) is 1. The maximum absolute atomic E-state index is 11.1. The fourth-order valence-corrected chi connectivity index (χ4v) is 2.07. The van der Waals surface area contributed by atoms with E-state index in [-0.39, 0.29) is 29.9 Å². The van der Waals surface area contributed by atoms with Gasteiger partial charge in [-0.3, -0.25) is 9.79 Å². The first-order valence-electron chi connectivity index (χ1n) is 8.20. The predicted molar refractivity (Wildman–Crippen MR) is 108 cm³/mol. The van der Waals surface area contributed by atoms with Crippen molar-refractivity contribution in [3.63, 3.8) is 0 Å². The van der Waals surface area contributed by atoms with Gasteiger partial charge in [0.2, 0.25) is 5.91 Å². The van der Waals surface area contributed by atoms with E-state index < -0.39 is 0 Å². The lowest BCUT2D eigenvalue weighted by atomic mass is 10.3. The number of amides is 1. The van der Waals surface area contributed by atoms with Crippen molar-refractivity contribution in [1.82, 2.24) is 10.6 Å². The quantitative estimate of drug-likeness (QED) is 0.249. The maximum Gasteiger partial charge on any atom is 0.221 e. The second-order valence-corrected chi connectivity index (χ2v) is 5.65. The highest BCUT2D eigenvalue weighted by Crippen LogP contribution is 2.28. The highest BCUT2D eigenvalue weighted by Gasteiger charge is 2.20. The second kappa shape index (κ2) is 11.1. The number of nitrogens with one attached hydrogen (secondary N) is 3. The van der Waals surface area contributed by atoms with E-state index in [0.29, 0.717) is 13.2 Å². The van der Waals surface area contributed by atoms with Crippen molar-refractivity contribution in [2.75, 3.05) is 31.6 Å². The summed E-state index contributed by atoms with van der Waals surface area (Å²) in [6, 6.07) is 7.38. The second-order valence-electron chi connectivity index (χ2n) is 5.65. The molecular formula is C17H27IN4O2. The summed E-state index contributed by atoms with van der Waals surface area (Å²) < 4.78 is 5.70. The van der Waals surface area contributed by atoms with Crippen molar-refractivity contribution >= 4 is 41.5 Å². The van der Waals surface area contributed by atoms with Crippen LogP contribution in [0.1, 0.15) is 26.7 Å². The Morgan fingerprint density at radius 1 is 1.33 bits per heavy atom. The zero-order valence-electron chi connectivity index (χ0n) is 14.3. The molecule has 1 saturated carbocycles. The molecule has 134 valence electrons. The Balaban J connectivity index is 0.00000288. The van der Waals surface area contributed by atoms with E-state index in [1.165, 1.54) is 19.8 Å². The average Bonchev–Trinajstić information content (AvgIpc) is 3.33. The van der Waals surface area contributed by atoms with Gasteiger partial charge in [-0.2, -0.15) is 0 Å². The van der Waals surface area contributed by atoms with Crippen molar-refractivity contribution in [1.29, 1.82) is 0 Å². The molecular weight excluding hydrogens is 419 g/mol. The summed E-state index contributed by atoms with van der Waals surface area (Å²) in [7, 11) is 0. The lowest BCUT2D eigenvalue weighted by Crippen LogP contribution is -2.39. The van der Waals surface area contributed by atoms with Gasteiger partial charge in [-0.05, 0) is 37.8 Å². The van der Waals surface area contributed by atoms with E-state index in [1.54, 1.807) is 0 Å². The lowest BCUT2D eigenvalue weighted by molar-refractivity contribution is -0.114. The molecule has 24 heavy (non-hydrogen) atoms. The number of guanidine groups is 1. The van der Waals surface area contributed by atoms with Gasteiger partial charge < -0.3 is 20.7 Å². The Labute approximate surface area is 160 Å². The fourth-order valence-electron chi connectivity index (χ4n) is 2.07. The third-order valence-electron chi connectivity index (χ3n) is 3.37. The minimum Gasteiger partial charge on any atom is -0.492 e. The zero-order valence-corrected chi connectivity index (χ0v) is 16.6. The third-order valence-corrected chi connectivity index (χ3v) is 3.37. The summed E-state index contributed by atoms with van der Waals surface area (Å²) in [5, 5.41) is 9.24. The number of halogens is 1. The van der Waals surface area contributed by atoms with Gasteiger partial charge in [-0.1, -0.05) is 6.07 Å². The van der Waals surface area contributed by atoms with E-state index in [4.69, 9.17) is 4.74 Å². The Morgan fingerprint density at radius 2 is 2.12 bits per heavy atom. The summed E-state index contributed by atoms with van der Waals surface area (Å²) in [6.07, 6.45) is 2.60. The van der Waals surface area contributed by atoms with E-state index in [2.05, 4.69) is 27.9 Å². The van der Waals surface area contributed by atoms with Crippen LogP contribution in [0.25, 0.3) is 0 Å². The van der Waals surface area contributed by atoms with Crippen LogP contribution in [0.15, 0.2) is 29.3 Å². The van der Waals surface area contributed by atoms with Crippen LogP contribution in [-0.2, 0) is 4.79 Å². The van der Waals surface area contributed by atoms with Crippen LogP contribution in [0.5, 0.6) is 5.75 Å². The summed E-state index contributed by atoms with van der Waals surface area (Å²) in [4.78, 5) is 15.6. The van der Waals surface area contributed by atoms with Crippen LogP contribution in [0, 0.1) is 5.92 Å². The Hall–Kier alpha value is -1.51. The van der Waals surface area contributed by atoms with Crippen LogP contribution < -0.4 is 20.7 Å². The molecule has 1 aromatic rings. The Bertz CT molecular complexity index is 547. The molecule has 1 aliphatic rings. The SMILES string of the molecule is CCNC(=NCC1CC1)NCCOc1cccc(NC(C)=O)c1.I. The highest BCUT2D eigenvalue weighted by molar-refractivity contribution is 14.0. The van der Waals surface area contributed by atoms with E-state index in [1.807, 2.05) is 24.3 Å². The third kappa shape index (κ3) is 8.37. The molecule has 3 N–H and O–H groups in total. The minimum absolute atomic E-state index is 0. The van der Waals surface area contributed by atoms with E-state index in [0.717, 1.165) is 36.4 Å². The van der Waals surface area contributed by atoms with Crippen LogP contribution in [-0.4, -0.2) is 38.1 Å². The minimum atomic E-state index is -0.0917. The number of hydrogen-bond acceptors (Lipinski definition) is 3. The molecule has 1 aromatic carbocycles. The molecule has 0 saturated heterocycles. The van der Waals surface area contributed by atoms with Gasteiger partial charge in [0, 0.05) is 31.8 Å².